The van der Waals surface area contributed by atoms with Crippen LogP contribution in [0.15, 0.2) is 48.5 Å². The standard InChI is InChI=1S/C18H16O4/c1-21-13-7-3-11(4-8-13)15-16(17(15)18(19)20)12-5-9-14(22-2)10-6-12/h3-10,17H,1-2H3,(H,19,20). The average molecular weight is 296 g/mol. The van der Waals surface area contributed by atoms with Gasteiger partial charge >= 0.3 is 5.97 Å². The van der Waals surface area contributed by atoms with E-state index in [4.69, 9.17) is 9.47 Å². The Bertz CT molecular complexity index is 669. The van der Waals surface area contributed by atoms with Gasteiger partial charge in [-0.25, -0.2) is 0 Å². The first kappa shape index (κ1) is 14.2. The Morgan fingerprint density at radius 2 is 1.18 bits per heavy atom. The maximum Gasteiger partial charge on any atom is 0.315 e. The molecule has 0 saturated heterocycles. The van der Waals surface area contributed by atoms with Gasteiger partial charge in [0.25, 0.3) is 0 Å². The largest absolute Gasteiger partial charge is 0.497 e. The van der Waals surface area contributed by atoms with Crippen LogP contribution in [0.3, 0.4) is 0 Å². The average Bonchev–Trinajstić information content (AvgIpc) is 3.31. The van der Waals surface area contributed by atoms with E-state index in [1.54, 1.807) is 14.2 Å². The predicted octanol–water partition coefficient (Wildman–Crippen LogP) is 3.33. The third-order valence-electron chi connectivity index (χ3n) is 3.83. The molecule has 1 aliphatic rings. The molecule has 1 N–H and O–H groups in total. The number of hydrogen-bond donors (Lipinski definition) is 1. The molecule has 3 rings (SSSR count). The van der Waals surface area contributed by atoms with Gasteiger partial charge in [0.15, 0.2) is 0 Å². The smallest absolute Gasteiger partial charge is 0.315 e. The van der Waals surface area contributed by atoms with E-state index in [9.17, 15) is 9.90 Å². The van der Waals surface area contributed by atoms with Crippen molar-refractivity contribution in [2.24, 2.45) is 5.92 Å². The molecular weight excluding hydrogens is 280 g/mol. The van der Waals surface area contributed by atoms with Crippen LogP contribution in [-0.2, 0) is 4.79 Å². The van der Waals surface area contributed by atoms with Crippen molar-refractivity contribution in [3.8, 4) is 11.5 Å². The van der Waals surface area contributed by atoms with Crippen molar-refractivity contribution in [1.82, 2.24) is 0 Å². The second kappa shape index (κ2) is 5.56. The normalized spacial score (nSPS) is 13.9. The first-order valence-electron chi connectivity index (χ1n) is 6.91. The highest BCUT2D eigenvalue weighted by Crippen LogP contribution is 2.53. The molecule has 0 fully saturated rings. The van der Waals surface area contributed by atoms with E-state index in [-0.39, 0.29) is 0 Å². The lowest BCUT2D eigenvalue weighted by Gasteiger charge is -2.00. The summed E-state index contributed by atoms with van der Waals surface area (Å²) in [6, 6.07) is 14.9. The molecule has 4 nitrogen and oxygen atoms in total. The molecule has 0 heterocycles. The lowest BCUT2D eigenvalue weighted by molar-refractivity contribution is -0.137. The molecule has 0 saturated carbocycles. The molecule has 1 aliphatic carbocycles. The molecule has 0 aliphatic heterocycles. The van der Waals surface area contributed by atoms with Crippen molar-refractivity contribution in [1.29, 1.82) is 0 Å². The van der Waals surface area contributed by atoms with Crippen molar-refractivity contribution < 1.29 is 19.4 Å². The van der Waals surface area contributed by atoms with Crippen molar-refractivity contribution in [2.75, 3.05) is 14.2 Å². The van der Waals surface area contributed by atoms with Crippen LogP contribution in [0.5, 0.6) is 11.5 Å². The molecule has 4 heteroatoms. The zero-order valence-corrected chi connectivity index (χ0v) is 12.4. The number of rotatable bonds is 5. The van der Waals surface area contributed by atoms with Crippen molar-refractivity contribution >= 4 is 17.1 Å². The van der Waals surface area contributed by atoms with Gasteiger partial charge in [-0.15, -0.1) is 0 Å². The number of aliphatic carboxylic acids is 1. The molecule has 0 unspecified atom stereocenters. The van der Waals surface area contributed by atoms with Gasteiger partial charge < -0.3 is 14.6 Å². The summed E-state index contributed by atoms with van der Waals surface area (Å²) in [6.45, 7) is 0. The van der Waals surface area contributed by atoms with Gasteiger partial charge in [-0.1, -0.05) is 24.3 Å². The van der Waals surface area contributed by atoms with Crippen molar-refractivity contribution in [3.05, 3.63) is 59.7 Å². The van der Waals surface area contributed by atoms with Crippen LogP contribution in [0.25, 0.3) is 11.1 Å². The summed E-state index contributed by atoms with van der Waals surface area (Å²) in [5, 5.41) is 9.43. The summed E-state index contributed by atoms with van der Waals surface area (Å²) in [6.07, 6.45) is 0. The Labute approximate surface area is 128 Å². The van der Waals surface area contributed by atoms with E-state index < -0.39 is 11.9 Å². The number of methoxy groups -OCH3 is 2. The second-order valence-corrected chi connectivity index (χ2v) is 5.06. The molecule has 2 aromatic rings. The molecule has 0 atom stereocenters. The van der Waals surface area contributed by atoms with Crippen LogP contribution in [0.1, 0.15) is 11.1 Å². The Hall–Kier alpha value is -2.75. The summed E-state index contributed by atoms with van der Waals surface area (Å²) in [4.78, 5) is 11.5. The number of carboxylic acids is 1. The minimum absolute atomic E-state index is 0.540. The highest BCUT2D eigenvalue weighted by molar-refractivity contribution is 6.21. The van der Waals surface area contributed by atoms with Crippen LogP contribution in [0.2, 0.25) is 0 Å². The number of ether oxygens (including phenoxy) is 2. The third kappa shape index (κ3) is 2.44. The molecule has 0 aromatic heterocycles. The lowest BCUT2D eigenvalue weighted by Crippen LogP contribution is -2.01. The highest BCUT2D eigenvalue weighted by atomic mass is 16.5. The van der Waals surface area contributed by atoms with Gasteiger partial charge in [-0.05, 0) is 46.5 Å². The monoisotopic (exact) mass is 296 g/mol. The first-order valence-corrected chi connectivity index (χ1v) is 6.91. The number of benzene rings is 2. The second-order valence-electron chi connectivity index (χ2n) is 5.06. The van der Waals surface area contributed by atoms with E-state index in [1.165, 1.54) is 0 Å². The summed E-state index contributed by atoms with van der Waals surface area (Å²) in [5.41, 5.74) is 3.55. The van der Waals surface area contributed by atoms with Crippen molar-refractivity contribution in [2.45, 2.75) is 0 Å². The summed E-state index contributed by atoms with van der Waals surface area (Å²) >= 11 is 0. The Morgan fingerprint density at radius 1 is 0.818 bits per heavy atom. The van der Waals surface area contributed by atoms with E-state index in [0.29, 0.717) is 0 Å². The summed E-state index contributed by atoms with van der Waals surface area (Å²) in [7, 11) is 3.21. The molecule has 0 radical (unpaired) electrons. The van der Waals surface area contributed by atoms with Gasteiger partial charge in [0.2, 0.25) is 0 Å². The Morgan fingerprint density at radius 3 is 1.45 bits per heavy atom. The fraction of sp³-hybridized carbons (Fsp3) is 0.167. The zero-order valence-electron chi connectivity index (χ0n) is 12.4. The van der Waals surface area contributed by atoms with Gasteiger partial charge in [0.05, 0.1) is 14.2 Å². The zero-order chi connectivity index (χ0) is 15.7. The number of carboxylic acid groups (broad SMARTS) is 1. The minimum atomic E-state index is -0.823. The van der Waals surface area contributed by atoms with E-state index in [2.05, 4.69) is 0 Å². The quantitative estimate of drug-likeness (QED) is 0.919. The van der Waals surface area contributed by atoms with Gasteiger partial charge in [-0.2, -0.15) is 0 Å². The first-order chi connectivity index (χ1) is 10.7. The SMILES string of the molecule is COc1ccc(C2=C(c3ccc(OC)cc3)C2C(=O)O)cc1. The molecule has 22 heavy (non-hydrogen) atoms. The maximum atomic E-state index is 11.5. The Kier molecular flexibility index (Phi) is 3.59. The van der Waals surface area contributed by atoms with Crippen LogP contribution < -0.4 is 9.47 Å². The topological polar surface area (TPSA) is 55.8 Å². The molecule has 0 bridgehead atoms. The summed E-state index contributed by atoms with van der Waals surface area (Å²) in [5.74, 6) is 0.143. The van der Waals surface area contributed by atoms with Crippen LogP contribution in [-0.4, -0.2) is 25.3 Å². The maximum absolute atomic E-state index is 11.5. The fourth-order valence-corrected chi connectivity index (χ4v) is 2.65. The third-order valence-corrected chi connectivity index (χ3v) is 3.83. The molecular formula is C18H16O4. The van der Waals surface area contributed by atoms with Gasteiger partial charge in [0, 0.05) is 0 Å². The van der Waals surface area contributed by atoms with E-state index in [1.807, 2.05) is 48.5 Å². The minimum Gasteiger partial charge on any atom is -0.497 e. The number of carbonyl (C=O) groups is 1. The predicted molar refractivity (Wildman–Crippen MR) is 83.9 cm³/mol. The van der Waals surface area contributed by atoms with E-state index >= 15 is 0 Å². The lowest BCUT2D eigenvalue weighted by atomic mass is 10.1. The van der Waals surface area contributed by atoms with Gasteiger partial charge in [0.1, 0.15) is 17.4 Å². The Balaban J connectivity index is 1.97. The van der Waals surface area contributed by atoms with Crippen LogP contribution >= 0.6 is 0 Å². The summed E-state index contributed by atoms with van der Waals surface area (Å²) < 4.78 is 10.3. The molecule has 112 valence electrons. The number of hydrogen-bond acceptors (Lipinski definition) is 3. The van der Waals surface area contributed by atoms with Crippen molar-refractivity contribution in [3.63, 3.8) is 0 Å². The fourth-order valence-electron chi connectivity index (χ4n) is 2.65. The highest BCUT2D eigenvalue weighted by Gasteiger charge is 2.43. The van der Waals surface area contributed by atoms with E-state index in [0.717, 1.165) is 33.8 Å². The molecule has 0 amide bonds. The van der Waals surface area contributed by atoms with Crippen LogP contribution in [0, 0.1) is 5.92 Å². The molecule has 2 aromatic carbocycles. The molecule has 0 spiro atoms. The van der Waals surface area contributed by atoms with Gasteiger partial charge in [-0.3, -0.25) is 4.79 Å². The van der Waals surface area contributed by atoms with Crippen LogP contribution in [0.4, 0.5) is 0 Å².